The zero-order valence-corrected chi connectivity index (χ0v) is 9.73. The van der Waals surface area contributed by atoms with Gasteiger partial charge < -0.3 is 0 Å². The highest BCUT2D eigenvalue weighted by molar-refractivity contribution is 7.31. The van der Waals surface area contributed by atoms with Crippen LogP contribution in [-0.4, -0.2) is 6.29 Å². The summed E-state index contributed by atoms with van der Waals surface area (Å²) in [6, 6.07) is 7.91. The minimum Gasteiger partial charge on any atom is -0.298 e. The summed E-state index contributed by atoms with van der Waals surface area (Å²) < 4.78 is 2.76. The first kappa shape index (κ1) is 9.69. The van der Waals surface area contributed by atoms with Crippen LogP contribution in [0.25, 0.3) is 19.5 Å². The van der Waals surface area contributed by atoms with Crippen LogP contribution < -0.4 is 5.43 Å². The summed E-state index contributed by atoms with van der Waals surface area (Å²) >= 11 is 2.91. The van der Waals surface area contributed by atoms with Gasteiger partial charge in [0.1, 0.15) is 0 Å². The molecule has 2 heterocycles. The monoisotopic (exact) mass is 246 g/mol. The summed E-state index contributed by atoms with van der Waals surface area (Å²) in [6.45, 7) is 0. The fourth-order valence-electron chi connectivity index (χ4n) is 1.68. The Balaban J connectivity index is 2.60. The summed E-state index contributed by atoms with van der Waals surface area (Å²) in [7, 11) is 0. The molecular formula is C12H6O2S2. The molecule has 0 N–H and O–H groups in total. The van der Waals surface area contributed by atoms with Crippen LogP contribution in [0.15, 0.2) is 34.4 Å². The second-order valence-electron chi connectivity index (χ2n) is 3.39. The van der Waals surface area contributed by atoms with Crippen molar-refractivity contribution in [2.24, 2.45) is 0 Å². The second kappa shape index (κ2) is 3.50. The number of carbonyl (C=O) groups excluding carboxylic acids is 1. The molecule has 3 rings (SSSR count). The molecule has 0 spiro atoms. The minimum absolute atomic E-state index is 0.148. The summed E-state index contributed by atoms with van der Waals surface area (Å²) in [4.78, 5) is 22.6. The van der Waals surface area contributed by atoms with E-state index in [-0.39, 0.29) is 11.0 Å². The lowest BCUT2D eigenvalue weighted by Gasteiger charge is -1.90. The highest BCUT2D eigenvalue weighted by Gasteiger charge is 2.10. The van der Waals surface area contributed by atoms with Crippen LogP contribution in [0.3, 0.4) is 0 Å². The quantitative estimate of drug-likeness (QED) is 0.617. The molecular weight excluding hydrogens is 240 g/mol. The molecule has 0 unspecified atom stereocenters. The standard InChI is InChI=1S/C12H6O2S2/c13-5-7-6-15-11-8-3-1-2-4-9(8)16-12(11)10(7)14/h1-6H. The van der Waals surface area contributed by atoms with Crippen molar-refractivity contribution >= 4 is 48.4 Å². The van der Waals surface area contributed by atoms with E-state index in [2.05, 4.69) is 0 Å². The lowest BCUT2D eigenvalue weighted by Crippen LogP contribution is -2.04. The molecule has 0 saturated carbocycles. The second-order valence-corrected chi connectivity index (χ2v) is 5.33. The number of rotatable bonds is 1. The third-order valence-corrected chi connectivity index (χ3v) is 4.78. The van der Waals surface area contributed by atoms with Crippen molar-refractivity contribution in [1.29, 1.82) is 0 Å². The van der Waals surface area contributed by atoms with E-state index in [1.807, 2.05) is 24.3 Å². The van der Waals surface area contributed by atoms with Gasteiger partial charge in [0, 0.05) is 15.5 Å². The van der Waals surface area contributed by atoms with E-state index >= 15 is 0 Å². The summed E-state index contributed by atoms with van der Waals surface area (Å²) in [6.07, 6.45) is 0.628. The molecule has 0 aliphatic heterocycles. The number of carbonyl (C=O) groups is 1. The SMILES string of the molecule is O=Cc1csc2c(sc3ccccc32)c1=O. The van der Waals surface area contributed by atoms with Crippen molar-refractivity contribution in [3.05, 3.63) is 45.4 Å². The lowest BCUT2D eigenvalue weighted by molar-refractivity contribution is 0.112. The molecule has 0 amide bonds. The van der Waals surface area contributed by atoms with Crippen molar-refractivity contribution in [3.8, 4) is 0 Å². The van der Waals surface area contributed by atoms with Gasteiger partial charge in [-0.05, 0) is 6.07 Å². The molecule has 0 fully saturated rings. The van der Waals surface area contributed by atoms with Gasteiger partial charge in [0.2, 0.25) is 5.43 Å². The van der Waals surface area contributed by atoms with Crippen LogP contribution in [0, 0.1) is 0 Å². The van der Waals surface area contributed by atoms with Gasteiger partial charge in [-0.15, -0.1) is 22.7 Å². The van der Waals surface area contributed by atoms with Gasteiger partial charge in [-0.25, -0.2) is 0 Å². The van der Waals surface area contributed by atoms with E-state index in [4.69, 9.17) is 0 Å². The van der Waals surface area contributed by atoms with Crippen LogP contribution in [-0.2, 0) is 0 Å². The Morgan fingerprint density at radius 3 is 2.75 bits per heavy atom. The van der Waals surface area contributed by atoms with Gasteiger partial charge in [0.25, 0.3) is 0 Å². The zero-order valence-electron chi connectivity index (χ0n) is 8.10. The first-order valence-corrected chi connectivity index (χ1v) is 6.39. The topological polar surface area (TPSA) is 34.1 Å². The van der Waals surface area contributed by atoms with Crippen LogP contribution in [0.4, 0.5) is 0 Å². The zero-order chi connectivity index (χ0) is 11.1. The number of benzene rings is 1. The predicted octanol–water partition coefficient (Wildman–Crippen LogP) is 3.29. The Hall–Kier alpha value is -1.52. The molecule has 2 aromatic heterocycles. The van der Waals surface area contributed by atoms with E-state index in [9.17, 15) is 9.59 Å². The Labute approximate surface area is 98.8 Å². The molecule has 3 aromatic rings. The molecule has 0 bridgehead atoms. The highest BCUT2D eigenvalue weighted by Crippen LogP contribution is 2.34. The number of fused-ring (bicyclic) bond motifs is 3. The van der Waals surface area contributed by atoms with Crippen molar-refractivity contribution in [3.63, 3.8) is 0 Å². The highest BCUT2D eigenvalue weighted by atomic mass is 32.1. The summed E-state index contributed by atoms with van der Waals surface area (Å²) in [5, 5.41) is 2.73. The summed E-state index contributed by atoms with van der Waals surface area (Å²) in [5.41, 5.74) is 0.106. The Morgan fingerprint density at radius 1 is 1.12 bits per heavy atom. The van der Waals surface area contributed by atoms with E-state index in [1.165, 1.54) is 22.7 Å². The van der Waals surface area contributed by atoms with Gasteiger partial charge in [0.15, 0.2) is 6.29 Å². The molecule has 1 aromatic carbocycles. The first-order chi connectivity index (χ1) is 7.81. The van der Waals surface area contributed by atoms with Crippen LogP contribution >= 0.6 is 22.7 Å². The maximum Gasteiger partial charge on any atom is 0.208 e. The third-order valence-electron chi connectivity index (χ3n) is 2.45. The smallest absolute Gasteiger partial charge is 0.208 e. The molecule has 0 aliphatic carbocycles. The van der Waals surface area contributed by atoms with Gasteiger partial charge in [-0.2, -0.15) is 0 Å². The summed E-state index contributed by atoms with van der Waals surface area (Å²) in [5.74, 6) is 0. The Kier molecular flexibility index (Phi) is 2.12. The van der Waals surface area contributed by atoms with Crippen LogP contribution in [0.5, 0.6) is 0 Å². The number of aldehydes is 1. The van der Waals surface area contributed by atoms with Crippen molar-refractivity contribution in [1.82, 2.24) is 0 Å². The molecule has 0 aliphatic rings. The number of hydrogen-bond donors (Lipinski definition) is 0. The van der Waals surface area contributed by atoms with E-state index in [0.29, 0.717) is 11.0 Å². The molecule has 78 valence electrons. The average molecular weight is 246 g/mol. The normalized spacial score (nSPS) is 11.0. The molecule has 0 atom stereocenters. The maximum atomic E-state index is 11.9. The van der Waals surface area contributed by atoms with Crippen molar-refractivity contribution in [2.45, 2.75) is 0 Å². The third kappa shape index (κ3) is 1.24. The van der Waals surface area contributed by atoms with Gasteiger partial charge in [-0.3, -0.25) is 9.59 Å². The lowest BCUT2D eigenvalue weighted by atomic mass is 10.2. The van der Waals surface area contributed by atoms with Gasteiger partial charge >= 0.3 is 0 Å². The Bertz CT molecular complexity index is 752. The number of hydrogen-bond acceptors (Lipinski definition) is 4. The van der Waals surface area contributed by atoms with Crippen LogP contribution in [0.1, 0.15) is 10.4 Å². The van der Waals surface area contributed by atoms with Crippen molar-refractivity contribution < 1.29 is 4.79 Å². The van der Waals surface area contributed by atoms with Crippen molar-refractivity contribution in [2.75, 3.05) is 0 Å². The molecule has 0 saturated heterocycles. The maximum absolute atomic E-state index is 11.9. The largest absolute Gasteiger partial charge is 0.298 e. The molecule has 0 radical (unpaired) electrons. The van der Waals surface area contributed by atoms with Gasteiger partial charge in [0.05, 0.1) is 15.0 Å². The van der Waals surface area contributed by atoms with E-state index < -0.39 is 0 Å². The average Bonchev–Trinajstić information content (AvgIpc) is 2.69. The fraction of sp³-hybridized carbons (Fsp3) is 0. The predicted molar refractivity (Wildman–Crippen MR) is 68.9 cm³/mol. The fourth-order valence-corrected chi connectivity index (χ4v) is 3.98. The molecule has 4 heteroatoms. The van der Waals surface area contributed by atoms with Gasteiger partial charge in [-0.1, -0.05) is 18.2 Å². The Morgan fingerprint density at radius 2 is 1.94 bits per heavy atom. The molecule has 16 heavy (non-hydrogen) atoms. The number of thiophene rings is 1. The van der Waals surface area contributed by atoms with E-state index in [1.54, 1.807) is 5.38 Å². The minimum atomic E-state index is -0.148. The van der Waals surface area contributed by atoms with E-state index in [0.717, 1.165) is 14.8 Å². The first-order valence-electron chi connectivity index (χ1n) is 4.69. The van der Waals surface area contributed by atoms with Crippen LogP contribution in [0.2, 0.25) is 0 Å². The molecule has 2 nitrogen and oxygen atoms in total.